The predicted molar refractivity (Wildman–Crippen MR) is 55.4 cm³/mol. The Morgan fingerprint density at radius 2 is 1.75 bits per heavy atom. The normalized spacial score (nSPS) is 9.00. The van der Waals surface area contributed by atoms with Crippen LogP contribution in [-0.4, -0.2) is 6.79 Å². The van der Waals surface area contributed by atoms with Gasteiger partial charge in [-0.25, -0.2) is 0 Å². The van der Waals surface area contributed by atoms with E-state index in [0.717, 1.165) is 0 Å². The number of benzene rings is 1. The predicted octanol–water partition coefficient (Wildman–Crippen LogP) is 3.39. The molecule has 0 aliphatic heterocycles. The van der Waals surface area contributed by atoms with Crippen LogP contribution in [0.3, 0.4) is 0 Å². The average molecular weight is 229 g/mol. The Kier molecular flexibility index (Phi) is 5.64. The van der Waals surface area contributed by atoms with E-state index in [1.165, 1.54) is 10.0 Å². The highest BCUT2D eigenvalue weighted by molar-refractivity contribution is 9.10. The van der Waals surface area contributed by atoms with E-state index in [9.17, 15) is 0 Å². The van der Waals surface area contributed by atoms with Crippen LogP contribution in [0, 0.1) is 0 Å². The van der Waals surface area contributed by atoms with E-state index < -0.39 is 0 Å². The zero-order chi connectivity index (χ0) is 9.56. The van der Waals surface area contributed by atoms with Crippen molar-refractivity contribution in [2.24, 2.45) is 0 Å². The minimum Gasteiger partial charge on any atom is -0.307 e. The maximum Gasteiger partial charge on any atom is 0.106 e. The average Bonchev–Trinajstić information content (AvgIpc) is 2.08. The summed E-state index contributed by atoms with van der Waals surface area (Å²) in [6.07, 6.45) is 0. The highest BCUT2D eigenvalue weighted by Crippen LogP contribution is 2.23. The highest BCUT2D eigenvalue weighted by atomic mass is 79.9. The zero-order valence-electron chi connectivity index (χ0n) is 7.38. The van der Waals surface area contributed by atoms with Crippen molar-refractivity contribution in [3.8, 4) is 0 Å². The quantitative estimate of drug-likeness (QED) is 0.721. The molecule has 0 aliphatic rings. The Morgan fingerprint density at radius 1 is 1.25 bits per heavy atom. The Bertz CT molecular complexity index is 233. The minimum absolute atomic E-state index is 0.607. The summed E-state index contributed by atoms with van der Waals surface area (Å²) in [5.41, 5.74) is 1.38. The number of rotatable bonds is 1. The van der Waals surface area contributed by atoms with Crippen LogP contribution in [0.15, 0.2) is 28.7 Å². The second kappa shape index (κ2) is 5.95. The van der Waals surface area contributed by atoms with Crippen molar-refractivity contribution in [2.75, 3.05) is 0 Å². The van der Waals surface area contributed by atoms with Gasteiger partial charge in [-0.3, -0.25) is 0 Å². The molecule has 1 nitrogen and oxygen atoms in total. The van der Waals surface area contributed by atoms with Gasteiger partial charge in [0, 0.05) is 4.47 Å². The maximum absolute atomic E-state index is 8.00. The summed E-state index contributed by atoms with van der Waals surface area (Å²) in [5.74, 6) is 0.607. The maximum atomic E-state index is 8.00. The van der Waals surface area contributed by atoms with Crippen LogP contribution in [-0.2, 0) is 4.79 Å². The summed E-state index contributed by atoms with van der Waals surface area (Å²) >= 11 is 3.50. The van der Waals surface area contributed by atoms with Gasteiger partial charge in [0.1, 0.15) is 6.79 Å². The van der Waals surface area contributed by atoms with Gasteiger partial charge >= 0.3 is 0 Å². The van der Waals surface area contributed by atoms with Crippen LogP contribution in [0.5, 0.6) is 0 Å². The molecule has 12 heavy (non-hydrogen) atoms. The van der Waals surface area contributed by atoms with Crippen molar-refractivity contribution in [3.05, 3.63) is 34.3 Å². The first kappa shape index (κ1) is 11.4. The van der Waals surface area contributed by atoms with E-state index in [2.05, 4.69) is 48.0 Å². The fourth-order valence-corrected chi connectivity index (χ4v) is 1.69. The Morgan fingerprint density at radius 3 is 2.08 bits per heavy atom. The first-order valence-corrected chi connectivity index (χ1v) is 4.54. The van der Waals surface area contributed by atoms with Crippen LogP contribution in [0.1, 0.15) is 25.3 Å². The van der Waals surface area contributed by atoms with Crippen molar-refractivity contribution < 1.29 is 4.79 Å². The number of carbonyl (C=O) groups is 1. The summed E-state index contributed by atoms with van der Waals surface area (Å²) in [4.78, 5) is 8.00. The summed E-state index contributed by atoms with van der Waals surface area (Å²) in [6, 6.07) is 8.33. The third-order valence-electron chi connectivity index (χ3n) is 1.53. The molecule has 0 fully saturated rings. The van der Waals surface area contributed by atoms with E-state index in [0.29, 0.717) is 5.92 Å². The van der Waals surface area contributed by atoms with E-state index in [4.69, 9.17) is 4.79 Å². The van der Waals surface area contributed by atoms with Crippen LogP contribution in [0.4, 0.5) is 0 Å². The number of hydrogen-bond donors (Lipinski definition) is 0. The lowest BCUT2D eigenvalue weighted by Gasteiger charge is -2.06. The molecule has 0 bridgehead atoms. The molecule has 0 saturated heterocycles. The largest absolute Gasteiger partial charge is 0.307 e. The second-order valence-corrected chi connectivity index (χ2v) is 3.53. The molecule has 66 valence electrons. The summed E-state index contributed by atoms with van der Waals surface area (Å²) in [5, 5.41) is 0. The standard InChI is InChI=1S/C9H11Br.CH2O/c1-7(2)8-5-3-4-6-9(8)10;1-2/h3-7H,1-2H3;1H2. The van der Waals surface area contributed by atoms with Gasteiger partial charge in [-0.15, -0.1) is 0 Å². The Hall–Kier alpha value is -0.630. The third-order valence-corrected chi connectivity index (χ3v) is 2.25. The molecule has 0 amide bonds. The van der Waals surface area contributed by atoms with E-state index >= 15 is 0 Å². The lowest BCUT2D eigenvalue weighted by molar-refractivity contribution is -0.0979. The first-order valence-electron chi connectivity index (χ1n) is 3.75. The highest BCUT2D eigenvalue weighted by Gasteiger charge is 2.00. The molecule has 0 heterocycles. The molecule has 1 aromatic carbocycles. The van der Waals surface area contributed by atoms with Crippen LogP contribution < -0.4 is 0 Å². The Labute approximate surface area is 81.9 Å². The van der Waals surface area contributed by atoms with Crippen molar-refractivity contribution in [1.82, 2.24) is 0 Å². The van der Waals surface area contributed by atoms with Gasteiger partial charge in [-0.05, 0) is 17.5 Å². The van der Waals surface area contributed by atoms with Gasteiger partial charge in [0.25, 0.3) is 0 Å². The van der Waals surface area contributed by atoms with Crippen LogP contribution in [0.2, 0.25) is 0 Å². The molecule has 1 rings (SSSR count). The smallest absolute Gasteiger partial charge is 0.106 e. The topological polar surface area (TPSA) is 17.1 Å². The van der Waals surface area contributed by atoms with Crippen LogP contribution in [0.25, 0.3) is 0 Å². The lowest BCUT2D eigenvalue weighted by atomic mass is 10.0. The van der Waals surface area contributed by atoms with Gasteiger partial charge in [-0.2, -0.15) is 0 Å². The molecule has 0 N–H and O–H groups in total. The van der Waals surface area contributed by atoms with Gasteiger partial charge in [0.15, 0.2) is 0 Å². The van der Waals surface area contributed by atoms with Crippen molar-refractivity contribution in [3.63, 3.8) is 0 Å². The fraction of sp³-hybridized carbons (Fsp3) is 0.300. The monoisotopic (exact) mass is 228 g/mol. The van der Waals surface area contributed by atoms with Crippen LogP contribution >= 0.6 is 15.9 Å². The molecular formula is C10H13BrO. The van der Waals surface area contributed by atoms with E-state index in [1.54, 1.807) is 0 Å². The molecule has 0 aliphatic carbocycles. The molecule has 0 radical (unpaired) electrons. The summed E-state index contributed by atoms with van der Waals surface area (Å²) in [7, 11) is 0. The van der Waals surface area contributed by atoms with Gasteiger partial charge < -0.3 is 4.79 Å². The van der Waals surface area contributed by atoms with Gasteiger partial charge in [-0.1, -0.05) is 48.0 Å². The fourth-order valence-electron chi connectivity index (χ4n) is 0.943. The molecule has 0 aromatic heterocycles. The zero-order valence-corrected chi connectivity index (χ0v) is 8.97. The number of halogens is 1. The SMILES string of the molecule is C=O.CC(C)c1ccccc1Br. The van der Waals surface area contributed by atoms with Gasteiger partial charge in [0.05, 0.1) is 0 Å². The molecule has 0 atom stereocenters. The first-order chi connectivity index (χ1) is 5.72. The molecule has 0 saturated carbocycles. The van der Waals surface area contributed by atoms with E-state index in [1.807, 2.05) is 12.9 Å². The number of carbonyl (C=O) groups excluding carboxylic acids is 1. The molecule has 1 aromatic rings. The molecule has 0 spiro atoms. The molecule has 2 heteroatoms. The Balaban J connectivity index is 0.000000561. The lowest BCUT2D eigenvalue weighted by Crippen LogP contribution is -1.86. The van der Waals surface area contributed by atoms with Crippen molar-refractivity contribution >= 4 is 22.7 Å². The van der Waals surface area contributed by atoms with Gasteiger partial charge in [0.2, 0.25) is 0 Å². The van der Waals surface area contributed by atoms with E-state index in [-0.39, 0.29) is 0 Å². The second-order valence-electron chi connectivity index (χ2n) is 2.68. The van der Waals surface area contributed by atoms with Crippen molar-refractivity contribution in [1.29, 1.82) is 0 Å². The third kappa shape index (κ3) is 3.18. The summed E-state index contributed by atoms with van der Waals surface area (Å²) in [6.45, 7) is 6.39. The molecular weight excluding hydrogens is 216 g/mol. The van der Waals surface area contributed by atoms with Crippen molar-refractivity contribution in [2.45, 2.75) is 19.8 Å². The molecule has 0 unspecified atom stereocenters. The summed E-state index contributed by atoms with van der Waals surface area (Å²) < 4.78 is 1.21. The minimum atomic E-state index is 0.607. The number of hydrogen-bond acceptors (Lipinski definition) is 1.